The maximum atomic E-state index is 11.0. The number of ether oxygens (including phenoxy) is 1. The summed E-state index contributed by atoms with van der Waals surface area (Å²) in [6.07, 6.45) is 0.0605. The highest BCUT2D eigenvalue weighted by Crippen LogP contribution is 2.08. The highest BCUT2D eigenvalue weighted by Gasteiger charge is 2.23. The molecule has 0 radical (unpaired) electrons. The van der Waals surface area contributed by atoms with Crippen LogP contribution in [0.2, 0.25) is 0 Å². The van der Waals surface area contributed by atoms with Crippen LogP contribution in [0.4, 0.5) is 0 Å². The van der Waals surface area contributed by atoms with Crippen molar-refractivity contribution in [2.24, 2.45) is 11.8 Å². The summed E-state index contributed by atoms with van der Waals surface area (Å²) in [6.45, 7) is 2.44. The molecule has 0 spiro atoms. The van der Waals surface area contributed by atoms with E-state index in [-0.39, 0.29) is 26.1 Å². The molecule has 0 saturated heterocycles. The first-order chi connectivity index (χ1) is 8.77. The first-order valence-electron chi connectivity index (χ1n) is 5.81. The van der Waals surface area contributed by atoms with E-state index < -0.39 is 35.3 Å². The van der Waals surface area contributed by atoms with Crippen molar-refractivity contribution in [1.82, 2.24) is 0 Å². The van der Waals surface area contributed by atoms with Gasteiger partial charge in [-0.3, -0.25) is 19.2 Å². The lowest BCUT2D eigenvalue weighted by atomic mass is 10.0. The molecule has 0 aromatic heterocycles. The molecule has 19 heavy (non-hydrogen) atoms. The fraction of sp³-hybridized carbons (Fsp3) is 0.667. The summed E-state index contributed by atoms with van der Waals surface area (Å²) in [5.41, 5.74) is 0. The molecule has 0 amide bonds. The molecule has 0 aromatic carbocycles. The van der Waals surface area contributed by atoms with E-state index in [0.717, 1.165) is 0 Å². The van der Waals surface area contributed by atoms with Crippen molar-refractivity contribution in [3.63, 3.8) is 0 Å². The number of hydrogen-bond donors (Lipinski definition) is 2. The Morgan fingerprint density at radius 2 is 1.16 bits per heavy atom. The molecule has 0 aliphatic heterocycles. The number of aliphatic carboxylic acids is 2. The molecule has 0 fully saturated rings. The first kappa shape index (κ1) is 17.2. The first-order valence-corrected chi connectivity index (χ1v) is 5.81. The average Bonchev–Trinajstić information content (AvgIpc) is 2.25. The van der Waals surface area contributed by atoms with Gasteiger partial charge in [0.1, 0.15) is 23.4 Å². The van der Waals surface area contributed by atoms with Gasteiger partial charge in [0.2, 0.25) is 0 Å². The summed E-state index contributed by atoms with van der Waals surface area (Å²) in [4.78, 5) is 43.3. The Morgan fingerprint density at radius 3 is 1.37 bits per heavy atom. The Balaban J connectivity index is 3.98. The highest BCUT2D eigenvalue weighted by molar-refractivity contribution is 5.97. The van der Waals surface area contributed by atoms with Crippen LogP contribution in [-0.4, -0.2) is 46.9 Å². The Kier molecular flexibility index (Phi) is 7.59. The van der Waals surface area contributed by atoms with Gasteiger partial charge in [-0.1, -0.05) is 0 Å². The van der Waals surface area contributed by atoms with Crippen LogP contribution in [0, 0.1) is 11.8 Å². The minimum absolute atomic E-state index is 0.0286. The third-order valence-electron chi connectivity index (χ3n) is 2.68. The van der Waals surface area contributed by atoms with Crippen molar-refractivity contribution in [1.29, 1.82) is 0 Å². The highest BCUT2D eigenvalue weighted by atomic mass is 16.5. The minimum Gasteiger partial charge on any atom is -0.481 e. The van der Waals surface area contributed by atoms with Crippen LogP contribution < -0.4 is 0 Å². The van der Waals surface area contributed by atoms with Gasteiger partial charge in [-0.05, 0) is 26.7 Å². The minimum atomic E-state index is -1.21. The quantitative estimate of drug-likeness (QED) is 0.436. The Labute approximate surface area is 110 Å². The second kappa shape index (κ2) is 8.36. The smallest absolute Gasteiger partial charge is 0.314 e. The zero-order chi connectivity index (χ0) is 15.0. The van der Waals surface area contributed by atoms with E-state index >= 15 is 0 Å². The van der Waals surface area contributed by atoms with Gasteiger partial charge in [0.25, 0.3) is 0 Å². The molecule has 0 heterocycles. The molecule has 2 unspecified atom stereocenters. The van der Waals surface area contributed by atoms with Gasteiger partial charge in [-0.15, -0.1) is 0 Å². The molecule has 108 valence electrons. The number of ketones is 2. The largest absolute Gasteiger partial charge is 0.481 e. The maximum Gasteiger partial charge on any atom is 0.314 e. The number of carboxylic acids is 2. The second-order valence-electron chi connectivity index (χ2n) is 4.19. The number of carbonyl (C=O) groups excluding carboxylic acids is 2. The van der Waals surface area contributed by atoms with Crippen LogP contribution in [-0.2, 0) is 23.9 Å². The van der Waals surface area contributed by atoms with Crippen LogP contribution in [0.15, 0.2) is 0 Å². The van der Waals surface area contributed by atoms with Crippen molar-refractivity contribution < 1.29 is 34.1 Å². The molecule has 0 aliphatic rings. The SMILES string of the molecule is CC(=O)C(CCOCCC(C(C)=O)C(=O)O)C(=O)O. The Bertz CT molecular complexity index is 299. The molecule has 0 saturated carbocycles. The second-order valence-corrected chi connectivity index (χ2v) is 4.19. The lowest BCUT2D eigenvalue weighted by Gasteiger charge is -2.11. The van der Waals surface area contributed by atoms with E-state index in [4.69, 9.17) is 14.9 Å². The van der Waals surface area contributed by atoms with Crippen LogP contribution in [0.1, 0.15) is 26.7 Å². The fourth-order valence-corrected chi connectivity index (χ4v) is 1.51. The molecule has 0 aliphatic carbocycles. The van der Waals surface area contributed by atoms with E-state index in [2.05, 4.69) is 0 Å². The lowest BCUT2D eigenvalue weighted by molar-refractivity contribution is -0.147. The normalized spacial score (nSPS) is 13.6. The summed E-state index contributed by atoms with van der Waals surface area (Å²) >= 11 is 0. The van der Waals surface area contributed by atoms with Gasteiger partial charge in [0, 0.05) is 13.2 Å². The molecule has 2 N–H and O–H groups in total. The maximum absolute atomic E-state index is 11.0. The van der Waals surface area contributed by atoms with Crippen molar-refractivity contribution in [2.45, 2.75) is 26.7 Å². The van der Waals surface area contributed by atoms with E-state index in [1.54, 1.807) is 0 Å². The third-order valence-corrected chi connectivity index (χ3v) is 2.68. The predicted molar refractivity (Wildman–Crippen MR) is 63.7 cm³/mol. The summed E-state index contributed by atoms with van der Waals surface area (Å²) in [5, 5.41) is 17.5. The summed E-state index contributed by atoms with van der Waals surface area (Å²) in [7, 11) is 0. The number of carbonyl (C=O) groups is 4. The Hall–Kier alpha value is -1.76. The lowest BCUT2D eigenvalue weighted by Crippen LogP contribution is -2.25. The molecule has 2 atom stereocenters. The van der Waals surface area contributed by atoms with Crippen LogP contribution >= 0.6 is 0 Å². The molecular weight excluding hydrogens is 256 g/mol. The van der Waals surface area contributed by atoms with Crippen molar-refractivity contribution >= 4 is 23.5 Å². The Morgan fingerprint density at radius 1 is 0.842 bits per heavy atom. The molecule has 0 rings (SSSR count). The molecule has 0 bridgehead atoms. The zero-order valence-electron chi connectivity index (χ0n) is 10.9. The number of rotatable bonds is 10. The van der Waals surface area contributed by atoms with E-state index in [1.165, 1.54) is 13.8 Å². The van der Waals surface area contributed by atoms with Gasteiger partial charge in [-0.25, -0.2) is 0 Å². The molecule has 0 aromatic rings. The number of hydrogen-bond acceptors (Lipinski definition) is 5. The standard InChI is InChI=1S/C12H18O7/c1-7(13)9(11(15)16)3-5-19-6-4-10(8(2)14)12(17)18/h9-10H,3-6H2,1-2H3,(H,15,16)(H,17,18). The fourth-order valence-electron chi connectivity index (χ4n) is 1.51. The third kappa shape index (κ3) is 6.66. The van der Waals surface area contributed by atoms with Crippen LogP contribution in [0.25, 0.3) is 0 Å². The summed E-state index contributed by atoms with van der Waals surface area (Å²) in [6, 6.07) is 0. The summed E-state index contributed by atoms with van der Waals surface area (Å²) < 4.78 is 5.06. The van der Waals surface area contributed by atoms with E-state index in [0.29, 0.717) is 0 Å². The molecular formula is C12H18O7. The zero-order valence-corrected chi connectivity index (χ0v) is 10.9. The van der Waals surface area contributed by atoms with Gasteiger partial charge in [-0.2, -0.15) is 0 Å². The monoisotopic (exact) mass is 274 g/mol. The van der Waals surface area contributed by atoms with Crippen LogP contribution in [0.3, 0.4) is 0 Å². The topological polar surface area (TPSA) is 118 Å². The van der Waals surface area contributed by atoms with Crippen LogP contribution in [0.5, 0.6) is 0 Å². The van der Waals surface area contributed by atoms with Crippen molar-refractivity contribution in [3.8, 4) is 0 Å². The van der Waals surface area contributed by atoms with Gasteiger partial charge >= 0.3 is 11.9 Å². The van der Waals surface area contributed by atoms with Gasteiger partial charge < -0.3 is 14.9 Å². The molecule has 7 heteroatoms. The summed E-state index contributed by atoms with van der Waals surface area (Å²) in [5.74, 6) is -5.54. The predicted octanol–water partition coefficient (Wildman–Crippen LogP) is 0.363. The molecule has 7 nitrogen and oxygen atoms in total. The number of carboxylic acid groups (broad SMARTS) is 2. The van der Waals surface area contributed by atoms with E-state index in [9.17, 15) is 19.2 Å². The number of Topliss-reactive ketones (excluding diaryl/α,β-unsaturated/α-hetero) is 2. The van der Waals surface area contributed by atoms with Crippen molar-refractivity contribution in [3.05, 3.63) is 0 Å². The van der Waals surface area contributed by atoms with Crippen molar-refractivity contribution in [2.75, 3.05) is 13.2 Å². The van der Waals surface area contributed by atoms with Gasteiger partial charge in [0.15, 0.2) is 0 Å². The van der Waals surface area contributed by atoms with Gasteiger partial charge in [0.05, 0.1) is 0 Å². The average molecular weight is 274 g/mol. The van der Waals surface area contributed by atoms with E-state index in [1.807, 2.05) is 0 Å².